The molecule has 2 nitrogen and oxygen atoms in total. The predicted octanol–water partition coefficient (Wildman–Crippen LogP) is 7.41. The van der Waals surface area contributed by atoms with E-state index in [4.69, 9.17) is 9.97 Å². The van der Waals surface area contributed by atoms with Crippen LogP contribution in [0.3, 0.4) is 0 Å². The zero-order chi connectivity index (χ0) is 20.7. The third-order valence-corrected chi connectivity index (χ3v) is 5.52. The predicted molar refractivity (Wildman–Crippen MR) is 127 cm³/mol. The lowest BCUT2D eigenvalue weighted by molar-refractivity contribution is 0.549. The molecule has 0 amide bonds. The Morgan fingerprint density at radius 3 is 1.93 bits per heavy atom. The minimum absolute atomic E-state index is 0.126. The molecule has 0 spiro atoms. The number of benzene rings is 4. The standard InChI is InChI=1S/C28H24N2/c1-28(2,3)27-29-24-18-17-21-11-7-8-12-23(21)25(24)26(30-27)22-15-13-20(14-16-22)19-9-5-4-6-10-19/h4-18H,1-3H3. The average Bonchev–Trinajstić information content (AvgIpc) is 2.78. The maximum absolute atomic E-state index is 5.08. The highest BCUT2D eigenvalue weighted by atomic mass is 14.9. The van der Waals surface area contributed by atoms with Gasteiger partial charge in [-0.1, -0.05) is 106 Å². The summed E-state index contributed by atoms with van der Waals surface area (Å²) in [6, 6.07) is 31.9. The first kappa shape index (κ1) is 18.5. The molecule has 0 bridgehead atoms. The third kappa shape index (κ3) is 3.25. The van der Waals surface area contributed by atoms with Crippen LogP contribution in [0.4, 0.5) is 0 Å². The smallest absolute Gasteiger partial charge is 0.135 e. The van der Waals surface area contributed by atoms with Crippen molar-refractivity contribution in [1.82, 2.24) is 9.97 Å². The van der Waals surface area contributed by atoms with Gasteiger partial charge in [-0.3, -0.25) is 0 Å². The molecule has 146 valence electrons. The van der Waals surface area contributed by atoms with Crippen molar-refractivity contribution in [2.45, 2.75) is 26.2 Å². The second kappa shape index (κ2) is 7.07. The van der Waals surface area contributed by atoms with Crippen LogP contribution in [0, 0.1) is 0 Å². The molecule has 5 aromatic rings. The fourth-order valence-corrected chi connectivity index (χ4v) is 3.90. The quantitative estimate of drug-likeness (QED) is 0.294. The summed E-state index contributed by atoms with van der Waals surface area (Å²) in [5.74, 6) is 0.868. The summed E-state index contributed by atoms with van der Waals surface area (Å²) in [6.07, 6.45) is 0. The Morgan fingerprint density at radius 2 is 1.20 bits per heavy atom. The summed E-state index contributed by atoms with van der Waals surface area (Å²) in [7, 11) is 0. The molecule has 0 aliphatic carbocycles. The van der Waals surface area contributed by atoms with Crippen LogP contribution in [-0.2, 0) is 5.41 Å². The maximum atomic E-state index is 5.08. The van der Waals surface area contributed by atoms with Crippen LogP contribution in [0.15, 0.2) is 91.0 Å². The van der Waals surface area contributed by atoms with Crippen molar-refractivity contribution in [3.05, 3.63) is 96.8 Å². The Bertz CT molecular complexity index is 1350. The van der Waals surface area contributed by atoms with Crippen LogP contribution in [0.25, 0.3) is 44.1 Å². The molecule has 0 saturated carbocycles. The summed E-state index contributed by atoms with van der Waals surface area (Å²) in [4.78, 5) is 10.0. The molecule has 30 heavy (non-hydrogen) atoms. The molecule has 1 aromatic heterocycles. The Labute approximate surface area is 177 Å². The lowest BCUT2D eigenvalue weighted by atomic mass is 9.93. The normalized spacial score (nSPS) is 11.8. The maximum Gasteiger partial charge on any atom is 0.135 e. The molecule has 1 heterocycles. The molecule has 2 heteroatoms. The zero-order valence-electron chi connectivity index (χ0n) is 17.6. The van der Waals surface area contributed by atoms with Gasteiger partial charge in [-0.2, -0.15) is 0 Å². The Kier molecular flexibility index (Phi) is 4.36. The van der Waals surface area contributed by atoms with Crippen molar-refractivity contribution in [2.24, 2.45) is 0 Å². The molecule has 0 atom stereocenters. The first-order valence-corrected chi connectivity index (χ1v) is 10.4. The van der Waals surface area contributed by atoms with Gasteiger partial charge in [0.1, 0.15) is 5.82 Å². The minimum atomic E-state index is -0.126. The molecule has 0 radical (unpaired) electrons. The van der Waals surface area contributed by atoms with Crippen molar-refractivity contribution >= 4 is 21.7 Å². The van der Waals surface area contributed by atoms with E-state index in [1.165, 1.54) is 21.9 Å². The van der Waals surface area contributed by atoms with Crippen LogP contribution in [0.1, 0.15) is 26.6 Å². The number of hydrogen-bond donors (Lipinski definition) is 0. The van der Waals surface area contributed by atoms with E-state index in [1.54, 1.807) is 0 Å². The average molecular weight is 389 g/mol. The highest BCUT2D eigenvalue weighted by Crippen LogP contribution is 2.35. The topological polar surface area (TPSA) is 25.8 Å². The first-order chi connectivity index (χ1) is 14.5. The van der Waals surface area contributed by atoms with Gasteiger partial charge >= 0.3 is 0 Å². The highest BCUT2D eigenvalue weighted by Gasteiger charge is 2.21. The van der Waals surface area contributed by atoms with E-state index in [0.29, 0.717) is 0 Å². The second-order valence-electron chi connectivity index (χ2n) is 8.77. The van der Waals surface area contributed by atoms with Crippen molar-refractivity contribution in [3.8, 4) is 22.4 Å². The molecule has 0 aliphatic heterocycles. The first-order valence-electron chi connectivity index (χ1n) is 10.4. The van der Waals surface area contributed by atoms with E-state index in [0.717, 1.165) is 28.0 Å². The van der Waals surface area contributed by atoms with Gasteiger partial charge in [-0.15, -0.1) is 0 Å². The summed E-state index contributed by atoms with van der Waals surface area (Å²) in [5.41, 5.74) is 5.41. The van der Waals surface area contributed by atoms with E-state index in [-0.39, 0.29) is 5.41 Å². The number of nitrogens with zero attached hydrogens (tertiary/aromatic N) is 2. The van der Waals surface area contributed by atoms with Crippen LogP contribution in [0.2, 0.25) is 0 Å². The SMILES string of the molecule is CC(C)(C)c1nc(-c2ccc(-c3ccccc3)cc2)c2c(ccc3ccccc32)n1. The third-order valence-electron chi connectivity index (χ3n) is 5.52. The van der Waals surface area contributed by atoms with Gasteiger partial charge in [-0.25, -0.2) is 9.97 Å². The van der Waals surface area contributed by atoms with Gasteiger partial charge < -0.3 is 0 Å². The highest BCUT2D eigenvalue weighted by molar-refractivity contribution is 6.12. The largest absolute Gasteiger partial charge is 0.232 e. The lowest BCUT2D eigenvalue weighted by Crippen LogP contribution is -2.16. The van der Waals surface area contributed by atoms with Crippen LogP contribution in [0.5, 0.6) is 0 Å². The summed E-state index contributed by atoms with van der Waals surface area (Å²) < 4.78 is 0. The van der Waals surface area contributed by atoms with E-state index < -0.39 is 0 Å². The molecular weight excluding hydrogens is 364 g/mol. The van der Waals surface area contributed by atoms with E-state index >= 15 is 0 Å². The van der Waals surface area contributed by atoms with Crippen LogP contribution in [-0.4, -0.2) is 9.97 Å². The Morgan fingerprint density at radius 1 is 0.567 bits per heavy atom. The molecule has 0 fully saturated rings. The molecular formula is C28H24N2. The number of fused-ring (bicyclic) bond motifs is 3. The molecule has 4 aromatic carbocycles. The minimum Gasteiger partial charge on any atom is -0.232 e. The van der Waals surface area contributed by atoms with E-state index in [1.807, 2.05) is 6.07 Å². The fraction of sp³-hybridized carbons (Fsp3) is 0.143. The number of aromatic nitrogens is 2. The van der Waals surface area contributed by atoms with Crippen molar-refractivity contribution < 1.29 is 0 Å². The molecule has 0 N–H and O–H groups in total. The van der Waals surface area contributed by atoms with Crippen molar-refractivity contribution in [1.29, 1.82) is 0 Å². The van der Waals surface area contributed by atoms with Crippen LogP contribution >= 0.6 is 0 Å². The number of hydrogen-bond acceptors (Lipinski definition) is 2. The Balaban J connectivity index is 1.77. The van der Waals surface area contributed by atoms with Crippen molar-refractivity contribution in [2.75, 3.05) is 0 Å². The van der Waals surface area contributed by atoms with Gasteiger partial charge in [0.25, 0.3) is 0 Å². The van der Waals surface area contributed by atoms with Gasteiger partial charge in [0.2, 0.25) is 0 Å². The van der Waals surface area contributed by atoms with Gasteiger partial charge in [0.15, 0.2) is 0 Å². The monoisotopic (exact) mass is 388 g/mol. The molecule has 0 unspecified atom stereocenters. The summed E-state index contributed by atoms with van der Waals surface area (Å²) >= 11 is 0. The lowest BCUT2D eigenvalue weighted by Gasteiger charge is -2.19. The molecule has 0 aliphatic rings. The summed E-state index contributed by atoms with van der Waals surface area (Å²) in [6.45, 7) is 6.49. The molecule has 5 rings (SSSR count). The zero-order valence-corrected chi connectivity index (χ0v) is 17.6. The van der Waals surface area contributed by atoms with Crippen molar-refractivity contribution in [3.63, 3.8) is 0 Å². The van der Waals surface area contributed by atoms with Gasteiger partial charge in [-0.05, 0) is 28.0 Å². The van der Waals surface area contributed by atoms with E-state index in [9.17, 15) is 0 Å². The molecule has 0 saturated heterocycles. The second-order valence-corrected chi connectivity index (χ2v) is 8.77. The van der Waals surface area contributed by atoms with E-state index in [2.05, 4.69) is 106 Å². The van der Waals surface area contributed by atoms with Gasteiger partial charge in [0.05, 0.1) is 11.2 Å². The fourth-order valence-electron chi connectivity index (χ4n) is 3.90. The Hall–Kier alpha value is -3.52. The number of rotatable bonds is 2. The van der Waals surface area contributed by atoms with Crippen LogP contribution < -0.4 is 0 Å². The summed E-state index contributed by atoms with van der Waals surface area (Å²) in [5, 5.41) is 3.52. The van der Waals surface area contributed by atoms with Gasteiger partial charge in [0, 0.05) is 16.4 Å².